The predicted molar refractivity (Wildman–Crippen MR) is 76.4 cm³/mol. The Hall–Kier alpha value is -1.68. The molecule has 19 heavy (non-hydrogen) atoms. The van der Waals surface area contributed by atoms with Gasteiger partial charge in [-0.25, -0.2) is 9.97 Å². The third-order valence-corrected chi connectivity index (χ3v) is 3.63. The van der Waals surface area contributed by atoms with Crippen molar-refractivity contribution in [2.45, 2.75) is 25.4 Å². The van der Waals surface area contributed by atoms with Crippen molar-refractivity contribution in [2.75, 3.05) is 25.1 Å². The van der Waals surface area contributed by atoms with E-state index in [-0.39, 0.29) is 0 Å². The maximum atomic E-state index is 5.80. The Morgan fingerprint density at radius 3 is 3.00 bits per heavy atom. The normalized spacial score (nSPS) is 19.5. The molecule has 1 aliphatic heterocycles. The molecule has 4 nitrogen and oxygen atoms in total. The lowest BCUT2D eigenvalue weighted by Gasteiger charge is -2.28. The van der Waals surface area contributed by atoms with E-state index in [4.69, 9.17) is 4.74 Å². The maximum Gasteiger partial charge on any atom is 0.139 e. The van der Waals surface area contributed by atoms with Gasteiger partial charge in [-0.15, -0.1) is 0 Å². The number of benzene rings is 1. The number of likely N-dealkylation sites (N-methyl/N-ethyl adjacent to an activating group) is 1. The van der Waals surface area contributed by atoms with Crippen LogP contribution in [-0.2, 0) is 4.74 Å². The molecule has 1 atom stereocenters. The first kappa shape index (κ1) is 12.4. The smallest absolute Gasteiger partial charge is 0.139 e. The summed E-state index contributed by atoms with van der Waals surface area (Å²) < 4.78 is 5.80. The van der Waals surface area contributed by atoms with Crippen molar-refractivity contribution in [3.63, 3.8) is 0 Å². The molecule has 1 fully saturated rings. The molecular formula is C15H19N3O. The van der Waals surface area contributed by atoms with Crippen molar-refractivity contribution in [3.8, 4) is 0 Å². The van der Waals surface area contributed by atoms with Crippen LogP contribution < -0.4 is 4.90 Å². The molecule has 1 saturated heterocycles. The van der Waals surface area contributed by atoms with E-state index in [2.05, 4.69) is 28.0 Å². The average Bonchev–Trinajstić information content (AvgIpc) is 2.47. The van der Waals surface area contributed by atoms with Gasteiger partial charge in [0, 0.05) is 25.6 Å². The molecule has 0 N–H and O–H groups in total. The van der Waals surface area contributed by atoms with Gasteiger partial charge in [0.25, 0.3) is 0 Å². The second-order valence-electron chi connectivity index (χ2n) is 5.08. The molecule has 0 bridgehead atoms. The number of para-hydroxylation sites is 1. The Kier molecular flexibility index (Phi) is 3.60. The van der Waals surface area contributed by atoms with E-state index in [1.54, 1.807) is 6.33 Å². The molecule has 2 heterocycles. The highest BCUT2D eigenvalue weighted by molar-refractivity contribution is 5.89. The zero-order valence-corrected chi connectivity index (χ0v) is 11.2. The Balaban J connectivity index is 1.82. The summed E-state index contributed by atoms with van der Waals surface area (Å²) in [6, 6.07) is 8.12. The van der Waals surface area contributed by atoms with Crippen LogP contribution in [0.5, 0.6) is 0 Å². The third-order valence-electron chi connectivity index (χ3n) is 3.63. The van der Waals surface area contributed by atoms with Crippen molar-refractivity contribution in [1.29, 1.82) is 0 Å². The van der Waals surface area contributed by atoms with Crippen LogP contribution >= 0.6 is 0 Å². The fraction of sp³-hybridized carbons (Fsp3) is 0.467. The summed E-state index contributed by atoms with van der Waals surface area (Å²) in [7, 11) is 2.08. The number of ether oxygens (including phenoxy) is 1. The SMILES string of the molecule is CN(CC1CCCCO1)c1ncnc2ccccc12. The van der Waals surface area contributed by atoms with Crippen LogP contribution in [0.3, 0.4) is 0 Å². The van der Waals surface area contributed by atoms with Crippen LogP contribution in [0.15, 0.2) is 30.6 Å². The van der Waals surface area contributed by atoms with Gasteiger partial charge in [-0.05, 0) is 31.4 Å². The highest BCUT2D eigenvalue weighted by Crippen LogP contribution is 2.23. The molecule has 3 rings (SSSR count). The van der Waals surface area contributed by atoms with Gasteiger partial charge in [0.05, 0.1) is 11.6 Å². The zero-order chi connectivity index (χ0) is 13.1. The number of rotatable bonds is 3. The Morgan fingerprint density at radius 1 is 1.26 bits per heavy atom. The lowest BCUT2D eigenvalue weighted by molar-refractivity contribution is 0.0215. The van der Waals surface area contributed by atoms with Crippen LogP contribution in [0.25, 0.3) is 10.9 Å². The monoisotopic (exact) mass is 257 g/mol. The van der Waals surface area contributed by atoms with Crippen molar-refractivity contribution in [3.05, 3.63) is 30.6 Å². The van der Waals surface area contributed by atoms with Gasteiger partial charge < -0.3 is 9.64 Å². The molecule has 100 valence electrons. The molecule has 1 aliphatic rings. The number of aromatic nitrogens is 2. The van der Waals surface area contributed by atoms with E-state index >= 15 is 0 Å². The largest absolute Gasteiger partial charge is 0.376 e. The molecule has 1 aromatic heterocycles. The summed E-state index contributed by atoms with van der Waals surface area (Å²) >= 11 is 0. The molecule has 0 amide bonds. The Morgan fingerprint density at radius 2 is 2.16 bits per heavy atom. The van der Waals surface area contributed by atoms with Crippen LogP contribution in [0.1, 0.15) is 19.3 Å². The summed E-state index contributed by atoms with van der Waals surface area (Å²) in [4.78, 5) is 10.9. The minimum absolute atomic E-state index is 0.326. The molecule has 0 spiro atoms. The predicted octanol–water partition coefficient (Wildman–Crippen LogP) is 2.64. The topological polar surface area (TPSA) is 38.2 Å². The van der Waals surface area contributed by atoms with Gasteiger partial charge in [0.1, 0.15) is 12.1 Å². The number of nitrogens with zero attached hydrogens (tertiary/aromatic N) is 3. The van der Waals surface area contributed by atoms with Crippen LogP contribution in [0.4, 0.5) is 5.82 Å². The highest BCUT2D eigenvalue weighted by Gasteiger charge is 2.17. The number of hydrogen-bond acceptors (Lipinski definition) is 4. The maximum absolute atomic E-state index is 5.80. The molecular weight excluding hydrogens is 238 g/mol. The van der Waals surface area contributed by atoms with Gasteiger partial charge in [-0.1, -0.05) is 12.1 Å². The minimum atomic E-state index is 0.326. The summed E-state index contributed by atoms with van der Waals surface area (Å²) in [6.07, 6.45) is 5.57. The van der Waals surface area contributed by atoms with E-state index in [1.807, 2.05) is 18.2 Å². The molecule has 0 radical (unpaired) electrons. The van der Waals surface area contributed by atoms with Crippen molar-refractivity contribution < 1.29 is 4.74 Å². The van der Waals surface area contributed by atoms with E-state index in [0.717, 1.165) is 36.3 Å². The first-order valence-electron chi connectivity index (χ1n) is 6.87. The second-order valence-corrected chi connectivity index (χ2v) is 5.08. The first-order chi connectivity index (χ1) is 9.34. The van der Waals surface area contributed by atoms with Crippen LogP contribution in [0, 0.1) is 0 Å². The summed E-state index contributed by atoms with van der Waals surface area (Å²) in [5, 5.41) is 1.10. The van der Waals surface area contributed by atoms with Gasteiger partial charge in [0.15, 0.2) is 0 Å². The van der Waals surface area contributed by atoms with Crippen molar-refractivity contribution >= 4 is 16.7 Å². The number of fused-ring (bicyclic) bond motifs is 1. The van der Waals surface area contributed by atoms with Crippen molar-refractivity contribution in [1.82, 2.24) is 9.97 Å². The molecule has 0 aliphatic carbocycles. The lowest BCUT2D eigenvalue weighted by Crippen LogP contribution is -2.33. The van der Waals surface area contributed by atoms with Gasteiger partial charge in [-0.2, -0.15) is 0 Å². The standard InChI is InChI=1S/C15H19N3O/c1-18(10-12-6-4-5-9-19-12)15-13-7-2-3-8-14(13)16-11-17-15/h2-3,7-8,11-12H,4-6,9-10H2,1H3. The fourth-order valence-electron chi connectivity index (χ4n) is 2.64. The van der Waals surface area contributed by atoms with E-state index in [0.29, 0.717) is 6.10 Å². The molecule has 1 unspecified atom stereocenters. The Labute approximate surface area is 113 Å². The summed E-state index contributed by atoms with van der Waals surface area (Å²) in [5.41, 5.74) is 0.990. The zero-order valence-electron chi connectivity index (χ0n) is 11.2. The number of hydrogen-bond donors (Lipinski definition) is 0. The quantitative estimate of drug-likeness (QED) is 0.847. The lowest BCUT2D eigenvalue weighted by atomic mass is 10.1. The first-order valence-corrected chi connectivity index (χ1v) is 6.87. The Bertz CT molecular complexity index is 547. The highest BCUT2D eigenvalue weighted by atomic mass is 16.5. The molecule has 2 aromatic rings. The molecule has 1 aromatic carbocycles. The number of anilines is 1. The summed E-state index contributed by atoms with van der Waals surface area (Å²) in [5.74, 6) is 0.986. The minimum Gasteiger partial charge on any atom is -0.376 e. The van der Waals surface area contributed by atoms with Crippen LogP contribution in [-0.4, -0.2) is 36.3 Å². The second kappa shape index (κ2) is 5.53. The van der Waals surface area contributed by atoms with E-state index in [9.17, 15) is 0 Å². The van der Waals surface area contributed by atoms with Gasteiger partial charge >= 0.3 is 0 Å². The van der Waals surface area contributed by atoms with E-state index < -0.39 is 0 Å². The molecule has 0 saturated carbocycles. The third kappa shape index (κ3) is 2.68. The van der Waals surface area contributed by atoms with E-state index in [1.165, 1.54) is 12.8 Å². The van der Waals surface area contributed by atoms with Crippen LogP contribution in [0.2, 0.25) is 0 Å². The van der Waals surface area contributed by atoms with Gasteiger partial charge in [-0.3, -0.25) is 0 Å². The molecule has 4 heteroatoms. The average molecular weight is 257 g/mol. The van der Waals surface area contributed by atoms with Crippen molar-refractivity contribution in [2.24, 2.45) is 0 Å². The van der Waals surface area contributed by atoms with Gasteiger partial charge in [0.2, 0.25) is 0 Å². The fourth-order valence-corrected chi connectivity index (χ4v) is 2.64. The summed E-state index contributed by atoms with van der Waals surface area (Å²) in [6.45, 7) is 1.78.